The number of aromatic amines is 1. The summed E-state index contributed by atoms with van der Waals surface area (Å²) in [5.41, 5.74) is 0. The van der Waals surface area contributed by atoms with Gasteiger partial charge in [-0.25, -0.2) is 0 Å². The van der Waals surface area contributed by atoms with Gasteiger partial charge >= 0.3 is 0 Å². The molecule has 0 unspecified atom stereocenters. The lowest BCUT2D eigenvalue weighted by Gasteiger charge is -1.90. The van der Waals surface area contributed by atoms with E-state index in [0.29, 0.717) is 0 Å². The number of aromatic nitrogens is 1. The first kappa shape index (κ1) is 15.2. The van der Waals surface area contributed by atoms with Crippen LogP contribution in [0, 0.1) is 0 Å². The topological polar surface area (TPSA) is 19.0 Å². The minimum Gasteiger partial charge on any atom is -0.368 e. The second-order valence-corrected chi connectivity index (χ2v) is 2.99. The van der Waals surface area contributed by atoms with Crippen LogP contribution < -0.4 is 0 Å². The molecule has 0 fully saturated rings. The maximum absolute atomic E-state index is 3.46. The molecule has 1 N–H and O–H groups in total. The molecule has 2 nitrogen and oxygen atoms in total. The van der Waals surface area contributed by atoms with E-state index in [2.05, 4.69) is 11.6 Å². The zero-order valence-corrected chi connectivity index (χ0v) is 9.70. The lowest BCUT2D eigenvalue weighted by atomic mass is 10.5. The van der Waals surface area contributed by atoms with Crippen molar-refractivity contribution >= 4 is 0 Å². The van der Waals surface area contributed by atoms with Crippen LogP contribution in [0.5, 0.6) is 0 Å². The smallest absolute Gasteiger partial charge is 0.000496 e. The number of rotatable bonds is 1. The van der Waals surface area contributed by atoms with Crippen LogP contribution in [-0.2, 0) is 0 Å². The van der Waals surface area contributed by atoms with Gasteiger partial charge < -0.3 is 9.88 Å². The van der Waals surface area contributed by atoms with Crippen molar-refractivity contribution in [3.63, 3.8) is 0 Å². The predicted octanol–water partition coefficient (Wildman–Crippen LogP) is 2.94. The fourth-order valence-electron chi connectivity index (χ4n) is 0.414. The summed E-state index contributed by atoms with van der Waals surface area (Å²) in [4.78, 5) is 4.86. The Labute approximate surface area is 88.0 Å². The van der Waals surface area contributed by atoms with Crippen LogP contribution in [0.1, 0.15) is 6.92 Å². The second-order valence-electron chi connectivity index (χ2n) is 2.99. The van der Waals surface area contributed by atoms with Crippen LogP contribution in [-0.4, -0.2) is 31.0 Å². The van der Waals surface area contributed by atoms with Gasteiger partial charge in [0.25, 0.3) is 0 Å². The van der Waals surface area contributed by atoms with Gasteiger partial charge in [-0.3, -0.25) is 0 Å². The quantitative estimate of drug-likeness (QED) is 0.681. The van der Waals surface area contributed by atoms with Gasteiger partial charge in [-0.05, 0) is 40.2 Å². The first-order valence-corrected chi connectivity index (χ1v) is 4.57. The molecule has 14 heavy (non-hydrogen) atoms. The summed E-state index contributed by atoms with van der Waals surface area (Å²) >= 11 is 0. The molecule has 2 heteroatoms. The molecule has 0 atom stereocenters. The van der Waals surface area contributed by atoms with Gasteiger partial charge in [-0.1, -0.05) is 24.8 Å². The Morgan fingerprint density at radius 3 is 1.64 bits per heavy atom. The maximum atomic E-state index is 3.46. The van der Waals surface area contributed by atoms with Gasteiger partial charge in [0.15, 0.2) is 0 Å². The van der Waals surface area contributed by atoms with E-state index < -0.39 is 0 Å². The molecule has 0 saturated heterocycles. The highest BCUT2D eigenvalue weighted by molar-refractivity contribution is 4.94. The minimum atomic E-state index is 1.75. The molecule has 0 radical (unpaired) electrons. The molecule has 1 rings (SSSR count). The standard InChI is InChI=1S/C5H8.C4H5N.C3H9N/c1-3-5-4-2;1-2-4-5-3-1;1-4(2)3/h3-5H,1H2,2H3;1-5H;1-3H3. The number of H-pyrrole nitrogens is 1. The zero-order chi connectivity index (χ0) is 11.2. The van der Waals surface area contributed by atoms with E-state index in [1.165, 1.54) is 0 Å². The molecule has 0 amide bonds. The number of nitrogens with zero attached hydrogens (tertiary/aromatic N) is 1. The Morgan fingerprint density at radius 1 is 1.14 bits per heavy atom. The van der Waals surface area contributed by atoms with E-state index in [1.54, 1.807) is 6.08 Å². The predicted molar refractivity (Wildman–Crippen MR) is 65.4 cm³/mol. The van der Waals surface area contributed by atoms with Gasteiger partial charge in [0.2, 0.25) is 0 Å². The van der Waals surface area contributed by atoms with Crippen LogP contribution in [0.25, 0.3) is 0 Å². The first-order chi connectivity index (χ1) is 6.65. The second kappa shape index (κ2) is 14.3. The number of nitrogens with one attached hydrogen (secondary N) is 1. The number of hydrogen-bond donors (Lipinski definition) is 1. The summed E-state index contributed by atoms with van der Waals surface area (Å²) < 4.78 is 0. The van der Waals surface area contributed by atoms with E-state index in [9.17, 15) is 0 Å². The Morgan fingerprint density at radius 2 is 1.57 bits per heavy atom. The van der Waals surface area contributed by atoms with Crippen LogP contribution in [0.4, 0.5) is 0 Å². The SMILES string of the molecule is C=CC=CC.CN(C)C.c1cc[nH]c1. The average Bonchev–Trinajstić information content (AvgIpc) is 2.61. The molecule has 0 aliphatic rings. The van der Waals surface area contributed by atoms with E-state index in [-0.39, 0.29) is 0 Å². The average molecular weight is 194 g/mol. The zero-order valence-electron chi connectivity index (χ0n) is 9.70. The third kappa shape index (κ3) is 31.0. The molecule has 1 aromatic rings. The highest BCUT2D eigenvalue weighted by atomic mass is 15.0. The number of hydrogen-bond acceptors (Lipinski definition) is 1. The molecule has 0 aliphatic heterocycles. The van der Waals surface area contributed by atoms with Crippen molar-refractivity contribution in [1.82, 2.24) is 9.88 Å². The molecule has 0 aliphatic carbocycles. The Bertz CT molecular complexity index is 178. The molecular formula is C12H22N2. The molecule has 0 aromatic carbocycles. The van der Waals surface area contributed by atoms with Gasteiger partial charge in [-0.15, -0.1) is 0 Å². The highest BCUT2D eigenvalue weighted by Crippen LogP contribution is 1.72. The third-order valence-electron chi connectivity index (χ3n) is 0.825. The Hall–Kier alpha value is -1.28. The summed E-state index contributed by atoms with van der Waals surface area (Å²) in [6, 6.07) is 3.89. The van der Waals surface area contributed by atoms with Crippen LogP contribution in [0.15, 0.2) is 49.3 Å². The van der Waals surface area contributed by atoms with Crippen molar-refractivity contribution in [2.75, 3.05) is 21.1 Å². The van der Waals surface area contributed by atoms with E-state index in [4.69, 9.17) is 0 Å². The largest absolute Gasteiger partial charge is 0.368 e. The Balaban J connectivity index is 0. The molecule has 0 bridgehead atoms. The normalized spacial score (nSPS) is 8.64. The lowest BCUT2D eigenvalue weighted by Crippen LogP contribution is -1.99. The van der Waals surface area contributed by atoms with Crippen LogP contribution in [0.2, 0.25) is 0 Å². The molecule has 1 heterocycles. The van der Waals surface area contributed by atoms with Crippen LogP contribution in [0.3, 0.4) is 0 Å². The van der Waals surface area contributed by atoms with Crippen molar-refractivity contribution in [2.24, 2.45) is 0 Å². The van der Waals surface area contributed by atoms with Crippen molar-refractivity contribution in [3.05, 3.63) is 49.3 Å². The van der Waals surface area contributed by atoms with Crippen molar-refractivity contribution in [1.29, 1.82) is 0 Å². The summed E-state index contributed by atoms with van der Waals surface area (Å²) in [5, 5.41) is 0. The van der Waals surface area contributed by atoms with E-state index in [0.717, 1.165) is 0 Å². The van der Waals surface area contributed by atoms with Crippen molar-refractivity contribution in [2.45, 2.75) is 6.92 Å². The fraction of sp³-hybridized carbons (Fsp3) is 0.333. The summed E-state index contributed by atoms with van der Waals surface area (Å²) in [6.45, 7) is 5.42. The maximum Gasteiger partial charge on any atom is 0.000496 e. The molecule has 1 aromatic heterocycles. The Kier molecular flexibility index (Phi) is 15.5. The van der Waals surface area contributed by atoms with Gasteiger partial charge in [-0.2, -0.15) is 0 Å². The highest BCUT2D eigenvalue weighted by Gasteiger charge is 1.58. The summed E-state index contributed by atoms with van der Waals surface area (Å²) in [7, 11) is 6.00. The van der Waals surface area contributed by atoms with E-state index >= 15 is 0 Å². The van der Waals surface area contributed by atoms with Gasteiger partial charge in [0.05, 0.1) is 0 Å². The molecular weight excluding hydrogens is 172 g/mol. The monoisotopic (exact) mass is 194 g/mol. The molecule has 0 saturated carbocycles. The summed E-state index contributed by atoms with van der Waals surface area (Å²) in [5.74, 6) is 0. The lowest BCUT2D eigenvalue weighted by molar-refractivity contribution is 0.505. The third-order valence-corrected chi connectivity index (χ3v) is 0.825. The molecule has 80 valence electrons. The van der Waals surface area contributed by atoms with Gasteiger partial charge in [0.1, 0.15) is 0 Å². The van der Waals surface area contributed by atoms with Crippen LogP contribution >= 0.6 is 0 Å². The van der Waals surface area contributed by atoms with Gasteiger partial charge in [0, 0.05) is 12.4 Å². The number of allylic oxidation sites excluding steroid dienone is 3. The van der Waals surface area contributed by atoms with Crippen molar-refractivity contribution in [3.8, 4) is 0 Å². The summed E-state index contributed by atoms with van der Waals surface area (Å²) in [6.07, 6.45) is 9.33. The van der Waals surface area contributed by atoms with Crippen molar-refractivity contribution < 1.29 is 0 Å². The fourth-order valence-corrected chi connectivity index (χ4v) is 0.414. The minimum absolute atomic E-state index is 1.75. The molecule has 0 spiro atoms. The van der Waals surface area contributed by atoms with E-state index in [1.807, 2.05) is 69.6 Å². The first-order valence-electron chi connectivity index (χ1n) is 4.57.